The Morgan fingerprint density at radius 2 is 1.82 bits per heavy atom. The highest BCUT2D eigenvalue weighted by Gasteiger charge is 2.37. The Kier molecular flexibility index (Phi) is 5.29. The molecule has 9 heteroatoms. The normalized spacial score (nSPS) is 15.1. The number of ether oxygens (including phenoxy) is 1. The summed E-state index contributed by atoms with van der Waals surface area (Å²) in [6, 6.07) is 18.6. The quantitative estimate of drug-likeness (QED) is 0.255. The van der Waals surface area contributed by atoms with Crippen LogP contribution in [-0.2, 0) is 9.53 Å². The smallest absolute Gasteiger partial charge is 0.338 e. The molecule has 1 aromatic heterocycles. The number of imidazole rings is 1. The van der Waals surface area contributed by atoms with Crippen LogP contribution in [0.4, 0.5) is 16.0 Å². The van der Waals surface area contributed by atoms with Gasteiger partial charge in [-0.15, -0.1) is 0 Å². The first-order valence-electron chi connectivity index (χ1n) is 10.6. The Morgan fingerprint density at radius 3 is 2.50 bits per heavy atom. The lowest BCUT2D eigenvalue weighted by molar-refractivity contribution is -0.384. The predicted molar refractivity (Wildman–Crippen MR) is 125 cm³/mol. The van der Waals surface area contributed by atoms with Crippen molar-refractivity contribution in [3.05, 3.63) is 105 Å². The number of para-hydroxylation sites is 2. The summed E-state index contributed by atoms with van der Waals surface area (Å²) in [6.07, 6.45) is 0. The standard InChI is InChI=1S/C25H19FN4O4/c1-2-34-24(31)21-22(15-7-11-17(26)12-8-15)28-25-27-19-5-3-4-6-20(19)29(25)23(21)16-9-13-18(14-10-16)30(32)33/h3-14,23H,2H2,1H3,(H,27,28)/t23-/m1/s1. The summed E-state index contributed by atoms with van der Waals surface area (Å²) in [5, 5.41) is 14.4. The van der Waals surface area contributed by atoms with Crippen LogP contribution in [0.5, 0.6) is 0 Å². The number of non-ortho nitro benzene ring substituents is 1. The Labute approximate surface area is 193 Å². The van der Waals surface area contributed by atoms with Gasteiger partial charge in [0.15, 0.2) is 0 Å². The van der Waals surface area contributed by atoms with E-state index in [0.717, 1.165) is 5.52 Å². The molecule has 5 rings (SSSR count). The van der Waals surface area contributed by atoms with Gasteiger partial charge in [-0.1, -0.05) is 12.1 Å². The van der Waals surface area contributed by atoms with Crippen molar-refractivity contribution in [1.82, 2.24) is 9.55 Å². The zero-order valence-corrected chi connectivity index (χ0v) is 18.1. The molecule has 0 unspecified atom stereocenters. The number of fused-ring (bicyclic) bond motifs is 3. The van der Waals surface area contributed by atoms with E-state index in [4.69, 9.17) is 9.72 Å². The second-order valence-electron chi connectivity index (χ2n) is 7.69. The van der Waals surface area contributed by atoms with Crippen molar-refractivity contribution in [2.75, 3.05) is 11.9 Å². The van der Waals surface area contributed by atoms with Crippen LogP contribution in [-0.4, -0.2) is 27.1 Å². The Hall–Kier alpha value is -4.53. The molecule has 0 radical (unpaired) electrons. The van der Waals surface area contributed by atoms with Gasteiger partial charge in [0.1, 0.15) is 5.82 Å². The van der Waals surface area contributed by atoms with Gasteiger partial charge >= 0.3 is 5.97 Å². The second kappa shape index (κ2) is 8.43. The molecular formula is C25H19FN4O4. The van der Waals surface area contributed by atoms with E-state index in [2.05, 4.69) is 5.32 Å². The van der Waals surface area contributed by atoms with Crippen molar-refractivity contribution in [1.29, 1.82) is 0 Å². The van der Waals surface area contributed by atoms with Crippen LogP contribution in [0.3, 0.4) is 0 Å². The minimum absolute atomic E-state index is 0.0613. The molecule has 34 heavy (non-hydrogen) atoms. The number of carbonyl (C=O) groups excluding carboxylic acids is 1. The van der Waals surface area contributed by atoms with E-state index in [0.29, 0.717) is 28.3 Å². The number of nitro groups is 1. The van der Waals surface area contributed by atoms with Gasteiger partial charge in [-0.25, -0.2) is 14.2 Å². The maximum Gasteiger partial charge on any atom is 0.338 e. The first-order valence-corrected chi connectivity index (χ1v) is 10.6. The molecule has 1 atom stereocenters. The second-order valence-corrected chi connectivity index (χ2v) is 7.69. The summed E-state index contributed by atoms with van der Waals surface area (Å²) in [5.41, 5.74) is 3.36. The molecule has 8 nitrogen and oxygen atoms in total. The summed E-state index contributed by atoms with van der Waals surface area (Å²) in [4.78, 5) is 28.8. The number of aromatic nitrogens is 2. The number of esters is 1. The molecule has 0 aliphatic carbocycles. The highest BCUT2D eigenvalue weighted by molar-refractivity contribution is 6.03. The van der Waals surface area contributed by atoms with Gasteiger partial charge in [0, 0.05) is 12.1 Å². The summed E-state index contributed by atoms with van der Waals surface area (Å²) in [5.74, 6) is -0.477. The molecule has 0 spiro atoms. The van der Waals surface area contributed by atoms with Crippen LogP contribution in [0.15, 0.2) is 78.4 Å². The number of carbonyl (C=O) groups is 1. The molecule has 170 valence electrons. The first kappa shape index (κ1) is 21.3. The first-order chi connectivity index (χ1) is 16.5. The zero-order chi connectivity index (χ0) is 23.8. The minimum Gasteiger partial charge on any atom is -0.463 e. The van der Waals surface area contributed by atoms with Crippen LogP contribution < -0.4 is 5.32 Å². The van der Waals surface area contributed by atoms with E-state index in [-0.39, 0.29) is 17.9 Å². The molecule has 1 aliphatic heterocycles. The number of rotatable bonds is 5. The van der Waals surface area contributed by atoms with Crippen molar-refractivity contribution in [2.45, 2.75) is 13.0 Å². The van der Waals surface area contributed by atoms with Crippen LogP contribution >= 0.6 is 0 Å². The molecular weight excluding hydrogens is 439 g/mol. The van der Waals surface area contributed by atoms with Gasteiger partial charge < -0.3 is 10.1 Å². The van der Waals surface area contributed by atoms with Crippen molar-refractivity contribution in [3.8, 4) is 0 Å². The van der Waals surface area contributed by atoms with Crippen LogP contribution in [0.1, 0.15) is 24.1 Å². The topological polar surface area (TPSA) is 99.3 Å². The summed E-state index contributed by atoms with van der Waals surface area (Å²) < 4.78 is 20.9. The van der Waals surface area contributed by atoms with E-state index in [9.17, 15) is 19.3 Å². The number of nitrogens with zero attached hydrogens (tertiary/aromatic N) is 3. The average Bonchev–Trinajstić information content (AvgIpc) is 3.22. The molecule has 0 amide bonds. The van der Waals surface area contributed by atoms with Crippen molar-refractivity contribution >= 4 is 34.3 Å². The van der Waals surface area contributed by atoms with E-state index in [1.807, 2.05) is 28.8 Å². The average molecular weight is 458 g/mol. The third-order valence-corrected chi connectivity index (χ3v) is 5.68. The zero-order valence-electron chi connectivity index (χ0n) is 18.1. The number of hydrogen-bond donors (Lipinski definition) is 1. The molecule has 0 saturated heterocycles. The lowest BCUT2D eigenvalue weighted by atomic mass is 9.92. The lowest BCUT2D eigenvalue weighted by Gasteiger charge is -2.31. The third kappa shape index (κ3) is 3.57. The predicted octanol–water partition coefficient (Wildman–Crippen LogP) is 5.07. The largest absolute Gasteiger partial charge is 0.463 e. The fraction of sp³-hybridized carbons (Fsp3) is 0.120. The SMILES string of the molecule is CCOC(=O)C1=C(c2ccc(F)cc2)Nc2nc3ccccc3n2[C@@H]1c1ccc([N+](=O)[O-])cc1. The van der Waals surface area contributed by atoms with Gasteiger partial charge in [0.2, 0.25) is 5.95 Å². The molecule has 0 fully saturated rings. The summed E-state index contributed by atoms with van der Waals surface area (Å²) in [6.45, 7) is 1.87. The molecule has 1 aliphatic rings. The van der Waals surface area contributed by atoms with E-state index >= 15 is 0 Å². The van der Waals surface area contributed by atoms with Gasteiger partial charge in [0.25, 0.3) is 5.69 Å². The summed E-state index contributed by atoms with van der Waals surface area (Å²) in [7, 11) is 0. The van der Waals surface area contributed by atoms with Crippen LogP contribution in [0.2, 0.25) is 0 Å². The maximum atomic E-state index is 13.7. The molecule has 0 saturated carbocycles. The van der Waals surface area contributed by atoms with Crippen LogP contribution in [0.25, 0.3) is 16.7 Å². The Morgan fingerprint density at radius 1 is 1.12 bits per heavy atom. The number of nitro benzene ring substituents is 1. The van der Waals surface area contributed by atoms with Gasteiger partial charge in [-0.05, 0) is 66.6 Å². The fourth-order valence-electron chi connectivity index (χ4n) is 4.20. The Balaban J connectivity index is 1.80. The number of nitrogens with one attached hydrogen (secondary N) is 1. The highest BCUT2D eigenvalue weighted by Crippen LogP contribution is 2.42. The molecule has 0 bridgehead atoms. The van der Waals surface area contributed by atoms with Crippen molar-refractivity contribution < 1.29 is 18.8 Å². The molecule has 2 heterocycles. The minimum atomic E-state index is -0.691. The van der Waals surface area contributed by atoms with E-state index in [1.165, 1.54) is 24.3 Å². The van der Waals surface area contributed by atoms with Gasteiger partial charge in [0.05, 0.1) is 39.9 Å². The van der Waals surface area contributed by atoms with Gasteiger partial charge in [-0.2, -0.15) is 0 Å². The number of hydrogen-bond acceptors (Lipinski definition) is 6. The molecule has 4 aromatic rings. The monoisotopic (exact) mass is 458 g/mol. The molecule has 1 N–H and O–H groups in total. The maximum absolute atomic E-state index is 13.7. The van der Waals surface area contributed by atoms with Gasteiger partial charge in [-0.3, -0.25) is 14.7 Å². The number of benzene rings is 3. The summed E-state index contributed by atoms with van der Waals surface area (Å²) >= 11 is 0. The number of anilines is 1. The number of halogens is 1. The highest BCUT2D eigenvalue weighted by atomic mass is 19.1. The van der Waals surface area contributed by atoms with Crippen molar-refractivity contribution in [3.63, 3.8) is 0 Å². The van der Waals surface area contributed by atoms with Crippen molar-refractivity contribution in [2.24, 2.45) is 0 Å². The Bertz CT molecular complexity index is 1440. The van der Waals surface area contributed by atoms with Crippen LogP contribution in [0, 0.1) is 15.9 Å². The third-order valence-electron chi connectivity index (χ3n) is 5.68. The van der Waals surface area contributed by atoms with E-state index < -0.39 is 22.8 Å². The fourth-order valence-corrected chi connectivity index (χ4v) is 4.20. The lowest BCUT2D eigenvalue weighted by Crippen LogP contribution is -2.29. The van der Waals surface area contributed by atoms with E-state index in [1.54, 1.807) is 31.2 Å². The molecule has 3 aromatic carbocycles.